The Hall–Kier alpha value is -3.22. The molecule has 0 aliphatic carbocycles. The molecule has 0 saturated carbocycles. The molecule has 0 amide bonds. The Balaban J connectivity index is 1.82. The Morgan fingerprint density at radius 3 is 2.54 bits per heavy atom. The van der Waals surface area contributed by atoms with Gasteiger partial charge in [-0.05, 0) is 6.92 Å². The van der Waals surface area contributed by atoms with E-state index in [1.165, 1.54) is 0 Å². The van der Waals surface area contributed by atoms with E-state index in [0.717, 1.165) is 40.6 Å². The Bertz CT molecular complexity index is 1070. The van der Waals surface area contributed by atoms with Crippen LogP contribution in [0.3, 0.4) is 0 Å². The summed E-state index contributed by atoms with van der Waals surface area (Å²) in [7, 11) is 0. The molecule has 144 valence electrons. The van der Waals surface area contributed by atoms with E-state index in [9.17, 15) is 0 Å². The van der Waals surface area contributed by atoms with Gasteiger partial charge in [0.25, 0.3) is 0 Å². The zero-order chi connectivity index (χ0) is 19.7. The Kier molecular flexibility index (Phi) is 4.81. The number of nitrogens with zero attached hydrogens (tertiary/aromatic N) is 5. The summed E-state index contributed by atoms with van der Waals surface area (Å²) < 4.78 is 7.41. The molecule has 1 N–H and O–H groups in total. The first-order valence-corrected chi connectivity index (χ1v) is 9.55. The summed E-state index contributed by atoms with van der Waals surface area (Å²) in [6.45, 7) is 8.67. The van der Waals surface area contributed by atoms with Crippen molar-refractivity contribution in [2.75, 3.05) is 0 Å². The molecule has 0 fully saturated rings. The van der Waals surface area contributed by atoms with Crippen LogP contribution in [0.5, 0.6) is 0 Å². The number of benzene rings is 1. The smallest absolute Gasteiger partial charge is 0.229 e. The summed E-state index contributed by atoms with van der Waals surface area (Å²) in [5, 5.41) is 4.13. The lowest BCUT2D eigenvalue weighted by atomic mass is 10.1. The van der Waals surface area contributed by atoms with Crippen molar-refractivity contribution in [3.63, 3.8) is 0 Å². The maximum atomic E-state index is 5.36. The topological polar surface area (TPSA) is 85.4 Å². The molecule has 0 atom stereocenters. The lowest BCUT2D eigenvalue weighted by Crippen LogP contribution is -2.04. The number of aromatic nitrogens is 6. The van der Waals surface area contributed by atoms with Crippen LogP contribution in [-0.2, 0) is 13.0 Å². The summed E-state index contributed by atoms with van der Waals surface area (Å²) in [4.78, 5) is 17.4. The SMILES string of the molecule is CCc1nc(-c2c(-c3ccccc3)ncn2Cc2noc(C(C)C)n2)c(C)[nH]1. The van der Waals surface area contributed by atoms with Crippen molar-refractivity contribution in [3.8, 4) is 22.6 Å². The molecule has 0 radical (unpaired) electrons. The first-order valence-electron chi connectivity index (χ1n) is 9.55. The van der Waals surface area contributed by atoms with Gasteiger partial charge in [0.1, 0.15) is 11.5 Å². The van der Waals surface area contributed by atoms with E-state index in [4.69, 9.17) is 14.5 Å². The highest BCUT2D eigenvalue weighted by Crippen LogP contribution is 2.32. The van der Waals surface area contributed by atoms with Gasteiger partial charge in [-0.25, -0.2) is 9.97 Å². The van der Waals surface area contributed by atoms with Gasteiger partial charge < -0.3 is 14.1 Å². The third-order valence-electron chi connectivity index (χ3n) is 4.67. The molecule has 0 saturated heterocycles. The van der Waals surface area contributed by atoms with Crippen molar-refractivity contribution < 1.29 is 4.52 Å². The van der Waals surface area contributed by atoms with E-state index in [1.807, 2.05) is 49.9 Å². The zero-order valence-corrected chi connectivity index (χ0v) is 16.6. The summed E-state index contributed by atoms with van der Waals surface area (Å²) in [5.74, 6) is 2.43. The number of aromatic amines is 1. The van der Waals surface area contributed by atoms with Crippen molar-refractivity contribution >= 4 is 0 Å². The number of aryl methyl sites for hydroxylation is 2. The van der Waals surface area contributed by atoms with Gasteiger partial charge in [0, 0.05) is 23.6 Å². The molecule has 0 aliphatic rings. The number of hydrogen-bond acceptors (Lipinski definition) is 5. The summed E-state index contributed by atoms with van der Waals surface area (Å²) >= 11 is 0. The van der Waals surface area contributed by atoms with E-state index in [1.54, 1.807) is 0 Å². The third kappa shape index (κ3) is 3.35. The van der Waals surface area contributed by atoms with Crippen LogP contribution >= 0.6 is 0 Å². The summed E-state index contributed by atoms with van der Waals surface area (Å²) in [6.07, 6.45) is 2.67. The first kappa shape index (κ1) is 18.2. The van der Waals surface area contributed by atoms with Gasteiger partial charge in [0.15, 0.2) is 5.82 Å². The summed E-state index contributed by atoms with van der Waals surface area (Å²) in [6, 6.07) is 10.2. The van der Waals surface area contributed by atoms with Crippen LogP contribution < -0.4 is 0 Å². The van der Waals surface area contributed by atoms with Crippen LogP contribution in [0.25, 0.3) is 22.6 Å². The van der Waals surface area contributed by atoms with E-state index in [0.29, 0.717) is 18.3 Å². The van der Waals surface area contributed by atoms with Gasteiger partial charge >= 0.3 is 0 Å². The number of H-pyrrole nitrogens is 1. The van der Waals surface area contributed by atoms with E-state index in [2.05, 4.69) is 34.2 Å². The molecule has 4 rings (SSSR count). The maximum absolute atomic E-state index is 5.36. The van der Waals surface area contributed by atoms with E-state index < -0.39 is 0 Å². The second-order valence-corrected chi connectivity index (χ2v) is 7.15. The molecule has 0 bridgehead atoms. The standard InChI is InChI=1S/C21H24N6O/c1-5-16-23-14(4)18(24-16)20-19(15-9-7-6-8-10-15)22-12-27(20)11-17-25-21(13(2)3)28-26-17/h6-10,12-13H,5,11H2,1-4H3,(H,23,24). The normalized spacial score (nSPS) is 11.5. The van der Waals surface area contributed by atoms with Crippen molar-refractivity contribution in [1.29, 1.82) is 0 Å². The van der Waals surface area contributed by atoms with E-state index in [-0.39, 0.29) is 5.92 Å². The van der Waals surface area contributed by atoms with E-state index >= 15 is 0 Å². The van der Waals surface area contributed by atoms with Crippen LogP contribution in [0.2, 0.25) is 0 Å². The van der Waals surface area contributed by atoms with Gasteiger partial charge in [-0.15, -0.1) is 0 Å². The number of imidazole rings is 2. The van der Waals surface area contributed by atoms with Crippen LogP contribution in [0.15, 0.2) is 41.2 Å². The van der Waals surface area contributed by atoms with Gasteiger partial charge in [-0.1, -0.05) is 56.3 Å². The molecule has 3 aromatic heterocycles. The second-order valence-electron chi connectivity index (χ2n) is 7.15. The molecule has 4 aromatic rings. The number of nitrogens with one attached hydrogen (secondary N) is 1. The number of rotatable bonds is 6. The molecule has 0 unspecified atom stereocenters. The zero-order valence-electron chi connectivity index (χ0n) is 16.6. The largest absolute Gasteiger partial charge is 0.346 e. The lowest BCUT2D eigenvalue weighted by Gasteiger charge is -2.08. The van der Waals surface area contributed by atoms with Crippen LogP contribution in [0, 0.1) is 6.92 Å². The average molecular weight is 376 g/mol. The van der Waals surface area contributed by atoms with Crippen molar-refractivity contribution in [2.24, 2.45) is 0 Å². The molecule has 28 heavy (non-hydrogen) atoms. The molecule has 0 spiro atoms. The predicted molar refractivity (Wildman–Crippen MR) is 107 cm³/mol. The first-order chi connectivity index (χ1) is 13.6. The molecular formula is C21H24N6O. The Morgan fingerprint density at radius 1 is 1.11 bits per heavy atom. The fourth-order valence-corrected chi connectivity index (χ4v) is 3.20. The number of hydrogen-bond donors (Lipinski definition) is 1. The monoisotopic (exact) mass is 376 g/mol. The minimum atomic E-state index is 0.198. The maximum Gasteiger partial charge on any atom is 0.229 e. The minimum Gasteiger partial charge on any atom is -0.346 e. The molecular weight excluding hydrogens is 352 g/mol. The molecule has 7 heteroatoms. The predicted octanol–water partition coefficient (Wildman–Crippen LogP) is 4.37. The Labute approximate surface area is 163 Å². The van der Waals surface area contributed by atoms with Crippen molar-refractivity contribution in [3.05, 3.63) is 59.9 Å². The second kappa shape index (κ2) is 7.42. The Morgan fingerprint density at radius 2 is 1.89 bits per heavy atom. The fourth-order valence-electron chi connectivity index (χ4n) is 3.20. The van der Waals surface area contributed by atoms with Crippen molar-refractivity contribution in [2.45, 2.75) is 46.6 Å². The minimum absolute atomic E-state index is 0.198. The van der Waals surface area contributed by atoms with Crippen LogP contribution in [-0.4, -0.2) is 29.7 Å². The molecule has 3 heterocycles. The lowest BCUT2D eigenvalue weighted by molar-refractivity contribution is 0.360. The third-order valence-corrected chi connectivity index (χ3v) is 4.67. The molecule has 7 nitrogen and oxygen atoms in total. The van der Waals surface area contributed by atoms with Gasteiger partial charge in [-0.3, -0.25) is 0 Å². The highest BCUT2D eigenvalue weighted by atomic mass is 16.5. The summed E-state index contributed by atoms with van der Waals surface area (Å²) in [5.41, 5.74) is 4.82. The van der Waals surface area contributed by atoms with Crippen molar-refractivity contribution in [1.82, 2.24) is 29.7 Å². The highest BCUT2D eigenvalue weighted by Gasteiger charge is 2.21. The quantitative estimate of drug-likeness (QED) is 0.540. The highest BCUT2D eigenvalue weighted by molar-refractivity contribution is 5.78. The van der Waals surface area contributed by atoms with Gasteiger partial charge in [0.2, 0.25) is 5.89 Å². The van der Waals surface area contributed by atoms with Gasteiger partial charge in [0.05, 0.1) is 24.3 Å². The molecule has 1 aromatic carbocycles. The van der Waals surface area contributed by atoms with Crippen LogP contribution in [0.1, 0.15) is 49.9 Å². The van der Waals surface area contributed by atoms with Crippen LogP contribution in [0.4, 0.5) is 0 Å². The average Bonchev–Trinajstić information content (AvgIpc) is 3.41. The molecule has 0 aliphatic heterocycles. The fraction of sp³-hybridized carbons (Fsp3) is 0.333. The van der Waals surface area contributed by atoms with Gasteiger partial charge in [-0.2, -0.15) is 4.98 Å².